The highest BCUT2D eigenvalue weighted by atomic mass is 14.2. The molecule has 0 nitrogen and oxygen atoms in total. The zero-order valence-corrected chi connectivity index (χ0v) is 7.55. The van der Waals surface area contributed by atoms with Crippen LogP contribution in [0, 0.1) is 18.4 Å². The summed E-state index contributed by atoms with van der Waals surface area (Å²) in [7, 11) is 0. The molecular weight excluding hydrogens is 132 g/mol. The minimum absolute atomic E-state index is 0.621. The molecule has 0 aromatic rings. The maximum absolute atomic E-state index is 5.43. The van der Waals surface area contributed by atoms with E-state index in [0.29, 0.717) is 5.92 Å². The summed E-state index contributed by atoms with van der Waals surface area (Å²) >= 11 is 0. The fourth-order valence-corrected chi connectivity index (χ4v) is 1.89. The van der Waals surface area contributed by atoms with E-state index in [4.69, 9.17) is 6.58 Å². The molecule has 0 aliphatic heterocycles. The minimum Gasteiger partial charge on any atom is -0.0817 e. The van der Waals surface area contributed by atoms with Gasteiger partial charge >= 0.3 is 0 Å². The van der Waals surface area contributed by atoms with Gasteiger partial charge in [-0.15, -0.1) is 0 Å². The lowest BCUT2D eigenvalue weighted by atomic mass is 9.96. The summed E-state index contributed by atoms with van der Waals surface area (Å²) in [4.78, 5) is 0. The van der Waals surface area contributed by atoms with Crippen LogP contribution in [-0.2, 0) is 0 Å². The van der Waals surface area contributed by atoms with Crippen molar-refractivity contribution in [2.24, 2.45) is 11.8 Å². The zero-order chi connectivity index (χ0) is 8.10. The van der Waals surface area contributed by atoms with Crippen molar-refractivity contribution in [3.63, 3.8) is 0 Å². The van der Waals surface area contributed by atoms with E-state index in [1.807, 2.05) is 6.08 Å². The molecule has 1 fully saturated rings. The van der Waals surface area contributed by atoms with E-state index < -0.39 is 0 Å². The Morgan fingerprint density at radius 1 is 1.45 bits per heavy atom. The predicted molar refractivity (Wildman–Crippen MR) is 49.2 cm³/mol. The topological polar surface area (TPSA) is 0 Å². The molecule has 0 saturated heterocycles. The fourth-order valence-electron chi connectivity index (χ4n) is 1.89. The minimum atomic E-state index is 0.621. The van der Waals surface area contributed by atoms with Gasteiger partial charge in [0.05, 0.1) is 0 Å². The summed E-state index contributed by atoms with van der Waals surface area (Å²) in [6, 6.07) is 0. The van der Waals surface area contributed by atoms with Crippen LogP contribution in [0.3, 0.4) is 0 Å². The molecule has 0 amide bonds. The van der Waals surface area contributed by atoms with Crippen LogP contribution in [0.15, 0.2) is 6.08 Å². The molecule has 0 aromatic heterocycles. The van der Waals surface area contributed by atoms with Crippen molar-refractivity contribution in [3.05, 3.63) is 12.7 Å². The van der Waals surface area contributed by atoms with Crippen LogP contribution in [0.25, 0.3) is 0 Å². The van der Waals surface area contributed by atoms with Crippen LogP contribution in [0.2, 0.25) is 0 Å². The summed E-state index contributed by atoms with van der Waals surface area (Å²) in [5, 5.41) is 0. The second-order valence-electron chi connectivity index (χ2n) is 3.90. The van der Waals surface area contributed by atoms with E-state index in [-0.39, 0.29) is 0 Å². The molecule has 1 radical (unpaired) electrons. The number of hydrogen-bond donors (Lipinski definition) is 0. The molecule has 0 N–H and O–H groups in total. The van der Waals surface area contributed by atoms with Gasteiger partial charge in [0.1, 0.15) is 0 Å². The predicted octanol–water partition coefficient (Wildman–Crippen LogP) is 3.58. The lowest BCUT2D eigenvalue weighted by molar-refractivity contribution is 0.450. The van der Waals surface area contributed by atoms with Crippen LogP contribution in [0.5, 0.6) is 0 Å². The van der Waals surface area contributed by atoms with E-state index in [0.717, 1.165) is 5.92 Å². The molecule has 0 bridgehead atoms. The van der Waals surface area contributed by atoms with Crippen LogP contribution < -0.4 is 0 Å². The summed E-state index contributed by atoms with van der Waals surface area (Å²) in [5.41, 5.74) is 0. The van der Waals surface area contributed by atoms with Crippen molar-refractivity contribution in [2.75, 3.05) is 0 Å². The first-order valence-corrected chi connectivity index (χ1v) is 4.88. The first kappa shape index (κ1) is 8.83. The van der Waals surface area contributed by atoms with Crippen LogP contribution in [0.4, 0.5) is 0 Å². The first-order valence-electron chi connectivity index (χ1n) is 4.88. The first-order chi connectivity index (χ1) is 5.33. The number of allylic oxidation sites excluding steroid dienone is 1. The molecule has 1 rings (SSSR count). The quantitative estimate of drug-likeness (QED) is 0.576. The smallest absolute Gasteiger partial charge is 0.0259 e. The van der Waals surface area contributed by atoms with Gasteiger partial charge in [0.25, 0.3) is 0 Å². The van der Waals surface area contributed by atoms with E-state index in [2.05, 4.69) is 6.92 Å². The lowest BCUT2D eigenvalue weighted by Gasteiger charge is -2.10. The number of hydrogen-bond acceptors (Lipinski definition) is 0. The van der Waals surface area contributed by atoms with E-state index >= 15 is 0 Å². The molecule has 0 spiro atoms. The molecule has 1 aliphatic rings. The highest BCUT2D eigenvalue weighted by Gasteiger charge is 2.14. The highest BCUT2D eigenvalue weighted by molar-refractivity contribution is 4.75. The van der Waals surface area contributed by atoms with Gasteiger partial charge in [-0.05, 0) is 24.7 Å². The molecule has 1 saturated carbocycles. The normalized spacial score (nSPS) is 21.9. The maximum Gasteiger partial charge on any atom is -0.0259 e. The van der Waals surface area contributed by atoms with Crippen molar-refractivity contribution < 1.29 is 0 Å². The average Bonchev–Trinajstić information content (AvgIpc) is 2.52. The second-order valence-corrected chi connectivity index (χ2v) is 3.90. The Morgan fingerprint density at radius 2 is 2.09 bits per heavy atom. The van der Waals surface area contributed by atoms with Gasteiger partial charge in [0, 0.05) is 0 Å². The average molecular weight is 151 g/mol. The molecule has 0 heterocycles. The van der Waals surface area contributed by atoms with Gasteiger partial charge in [-0.3, -0.25) is 0 Å². The molecule has 63 valence electrons. The van der Waals surface area contributed by atoms with Crippen molar-refractivity contribution >= 4 is 0 Å². The standard InChI is InChI=1S/C11H19/c1-3-10(2)8-9-11-6-4-5-7-11/h1,3,10-11H,4-9H2,2H3. The van der Waals surface area contributed by atoms with Crippen molar-refractivity contribution in [1.29, 1.82) is 0 Å². The largest absolute Gasteiger partial charge is 0.0817 e. The Bertz CT molecular complexity index is 109. The van der Waals surface area contributed by atoms with Crippen LogP contribution >= 0.6 is 0 Å². The molecule has 1 unspecified atom stereocenters. The lowest BCUT2D eigenvalue weighted by Crippen LogP contribution is -1.97. The Morgan fingerprint density at radius 3 is 2.64 bits per heavy atom. The maximum atomic E-state index is 5.43. The summed E-state index contributed by atoms with van der Waals surface area (Å²) in [5.74, 6) is 1.65. The Kier molecular flexibility index (Phi) is 3.68. The van der Waals surface area contributed by atoms with Crippen molar-refractivity contribution in [3.8, 4) is 0 Å². The van der Waals surface area contributed by atoms with Crippen molar-refractivity contribution in [1.82, 2.24) is 0 Å². The van der Waals surface area contributed by atoms with Gasteiger partial charge in [0.2, 0.25) is 0 Å². The van der Waals surface area contributed by atoms with Gasteiger partial charge in [-0.25, -0.2) is 0 Å². The SMILES string of the molecule is [CH]=CC(C)CCC1CCCC1. The molecule has 0 aromatic carbocycles. The van der Waals surface area contributed by atoms with Crippen LogP contribution in [0.1, 0.15) is 45.4 Å². The van der Waals surface area contributed by atoms with E-state index in [1.54, 1.807) is 0 Å². The second kappa shape index (κ2) is 4.58. The molecule has 0 heteroatoms. The third-order valence-corrected chi connectivity index (χ3v) is 2.83. The Balaban J connectivity index is 2.06. The Hall–Kier alpha value is -0.260. The fraction of sp³-hybridized carbons (Fsp3) is 0.818. The monoisotopic (exact) mass is 151 g/mol. The number of rotatable bonds is 4. The van der Waals surface area contributed by atoms with Gasteiger partial charge in [0.15, 0.2) is 0 Å². The van der Waals surface area contributed by atoms with Gasteiger partial charge in [-0.1, -0.05) is 45.3 Å². The van der Waals surface area contributed by atoms with Gasteiger partial charge in [-0.2, -0.15) is 0 Å². The summed E-state index contributed by atoms with van der Waals surface area (Å²) in [6.45, 7) is 7.64. The third-order valence-electron chi connectivity index (χ3n) is 2.83. The molecule has 11 heavy (non-hydrogen) atoms. The summed E-state index contributed by atoms with van der Waals surface area (Å²) in [6.07, 6.45) is 10.4. The third kappa shape index (κ3) is 3.09. The van der Waals surface area contributed by atoms with E-state index in [9.17, 15) is 0 Å². The summed E-state index contributed by atoms with van der Waals surface area (Å²) < 4.78 is 0. The zero-order valence-electron chi connectivity index (χ0n) is 7.55. The van der Waals surface area contributed by atoms with E-state index in [1.165, 1.54) is 38.5 Å². The Labute approximate surface area is 70.7 Å². The molecule has 1 aliphatic carbocycles. The van der Waals surface area contributed by atoms with Crippen LogP contribution in [-0.4, -0.2) is 0 Å². The van der Waals surface area contributed by atoms with Gasteiger partial charge < -0.3 is 0 Å². The molecular formula is C11H19. The molecule has 1 atom stereocenters. The highest BCUT2D eigenvalue weighted by Crippen LogP contribution is 2.29. The van der Waals surface area contributed by atoms with Crippen molar-refractivity contribution in [2.45, 2.75) is 45.4 Å².